The number of carbonyl (C=O) groups excluding carboxylic acids is 2. The Labute approximate surface area is 220 Å². The summed E-state index contributed by atoms with van der Waals surface area (Å²) in [6.45, 7) is 2.04. The molecule has 2 aromatic rings. The Morgan fingerprint density at radius 2 is 1.84 bits per heavy atom. The summed E-state index contributed by atoms with van der Waals surface area (Å²) < 4.78 is 5.44. The fraction of sp³-hybridized carbons (Fsp3) is 0.438. The Morgan fingerprint density at radius 1 is 1.11 bits per heavy atom. The van der Waals surface area contributed by atoms with Gasteiger partial charge in [-0.05, 0) is 67.7 Å². The van der Waals surface area contributed by atoms with E-state index in [1.807, 2.05) is 61.5 Å². The first-order valence-corrected chi connectivity index (χ1v) is 13.4. The van der Waals surface area contributed by atoms with Gasteiger partial charge in [0.25, 0.3) is 0 Å². The van der Waals surface area contributed by atoms with Crippen LogP contribution in [0.1, 0.15) is 64.7 Å². The lowest BCUT2D eigenvalue weighted by atomic mass is 9.86. The highest BCUT2D eigenvalue weighted by Crippen LogP contribution is 2.35. The van der Waals surface area contributed by atoms with Crippen LogP contribution in [0.25, 0.3) is 11.1 Å². The lowest BCUT2D eigenvalue weighted by Gasteiger charge is -2.20. The average Bonchev–Trinajstić information content (AvgIpc) is 3.17. The number of hydrogen-bond donors (Lipinski definition) is 2. The topological polar surface area (TPSA) is 83.8 Å². The molecule has 196 valence electrons. The Hall–Kier alpha value is -3.20. The van der Waals surface area contributed by atoms with E-state index in [1.54, 1.807) is 12.1 Å². The largest absolute Gasteiger partial charge is 0.427 e. The van der Waals surface area contributed by atoms with Gasteiger partial charge in [-0.3, -0.25) is 9.59 Å². The zero-order chi connectivity index (χ0) is 26.5. The van der Waals surface area contributed by atoms with E-state index in [4.69, 9.17) is 4.74 Å². The molecule has 2 N–H and O–H groups in total. The molecular formula is C32H38O5. The SMILES string of the molecule is CCCC#CC(O)CC[C@H]1[C@H](O)CC(=O)[C@@H]1CC=CCCCC(=O)Oc1ccc(-c2ccccc2)cc1. The molecule has 1 saturated carbocycles. The van der Waals surface area contributed by atoms with E-state index in [-0.39, 0.29) is 30.0 Å². The lowest BCUT2D eigenvalue weighted by Crippen LogP contribution is -2.22. The van der Waals surface area contributed by atoms with Gasteiger partial charge < -0.3 is 14.9 Å². The van der Waals surface area contributed by atoms with Crippen LogP contribution in [0.2, 0.25) is 0 Å². The summed E-state index contributed by atoms with van der Waals surface area (Å²) in [6, 6.07) is 17.5. The fourth-order valence-electron chi connectivity index (χ4n) is 4.71. The minimum atomic E-state index is -0.716. The molecule has 37 heavy (non-hydrogen) atoms. The number of ether oxygens (including phenoxy) is 1. The highest BCUT2D eigenvalue weighted by Gasteiger charge is 2.40. The molecule has 1 aliphatic carbocycles. The van der Waals surface area contributed by atoms with Gasteiger partial charge in [0.15, 0.2) is 0 Å². The molecule has 2 aromatic carbocycles. The molecule has 1 aliphatic rings. The van der Waals surface area contributed by atoms with Gasteiger partial charge in [0.1, 0.15) is 17.6 Å². The maximum atomic E-state index is 12.4. The fourth-order valence-corrected chi connectivity index (χ4v) is 4.71. The van der Waals surface area contributed by atoms with Crippen LogP contribution in [0, 0.1) is 23.7 Å². The molecule has 0 saturated heterocycles. The van der Waals surface area contributed by atoms with E-state index in [2.05, 4.69) is 11.8 Å². The molecule has 0 spiro atoms. The van der Waals surface area contributed by atoms with Crippen LogP contribution in [0.15, 0.2) is 66.7 Å². The summed E-state index contributed by atoms with van der Waals surface area (Å²) in [4.78, 5) is 24.6. The van der Waals surface area contributed by atoms with Crippen LogP contribution in [-0.2, 0) is 9.59 Å². The maximum Gasteiger partial charge on any atom is 0.311 e. The molecular weight excluding hydrogens is 464 g/mol. The van der Waals surface area contributed by atoms with Crippen LogP contribution in [0.3, 0.4) is 0 Å². The number of ketones is 1. The maximum absolute atomic E-state index is 12.4. The van der Waals surface area contributed by atoms with Crippen molar-refractivity contribution in [3.05, 3.63) is 66.7 Å². The first-order valence-electron chi connectivity index (χ1n) is 13.4. The summed E-state index contributed by atoms with van der Waals surface area (Å²) in [5, 5.41) is 20.4. The Morgan fingerprint density at radius 3 is 2.57 bits per heavy atom. The molecule has 1 fully saturated rings. The van der Waals surface area contributed by atoms with Crippen molar-refractivity contribution in [2.24, 2.45) is 11.8 Å². The monoisotopic (exact) mass is 502 g/mol. The van der Waals surface area contributed by atoms with Crippen molar-refractivity contribution >= 4 is 11.8 Å². The third kappa shape index (κ3) is 9.31. The molecule has 3 rings (SSSR count). The summed E-state index contributed by atoms with van der Waals surface area (Å²) in [6.07, 6.45) is 7.76. The molecule has 4 atom stereocenters. The van der Waals surface area contributed by atoms with E-state index in [1.165, 1.54) is 0 Å². The summed E-state index contributed by atoms with van der Waals surface area (Å²) in [7, 11) is 0. The van der Waals surface area contributed by atoms with Crippen molar-refractivity contribution in [2.45, 2.75) is 76.9 Å². The second-order valence-electron chi connectivity index (χ2n) is 9.64. The Balaban J connectivity index is 1.37. The Kier molecular flexibility index (Phi) is 11.6. The number of rotatable bonds is 12. The normalized spacial score (nSPS) is 20.0. The van der Waals surface area contributed by atoms with Crippen molar-refractivity contribution < 1.29 is 24.5 Å². The van der Waals surface area contributed by atoms with E-state index in [9.17, 15) is 19.8 Å². The number of benzene rings is 2. The van der Waals surface area contributed by atoms with Gasteiger partial charge in [-0.25, -0.2) is 0 Å². The van der Waals surface area contributed by atoms with Crippen molar-refractivity contribution in [1.82, 2.24) is 0 Å². The van der Waals surface area contributed by atoms with Crippen LogP contribution in [0.4, 0.5) is 0 Å². The first-order chi connectivity index (χ1) is 18.0. The number of carbonyl (C=O) groups is 2. The molecule has 1 unspecified atom stereocenters. The minimum absolute atomic E-state index is 0.0792. The van der Waals surface area contributed by atoms with E-state index >= 15 is 0 Å². The van der Waals surface area contributed by atoms with Crippen LogP contribution < -0.4 is 4.74 Å². The third-order valence-corrected chi connectivity index (χ3v) is 6.75. The highest BCUT2D eigenvalue weighted by atomic mass is 16.5. The predicted octanol–water partition coefficient (Wildman–Crippen LogP) is 5.89. The van der Waals surface area contributed by atoms with Gasteiger partial charge in [0.05, 0.1) is 6.10 Å². The van der Waals surface area contributed by atoms with E-state index < -0.39 is 12.2 Å². The van der Waals surface area contributed by atoms with Crippen LogP contribution in [-0.4, -0.2) is 34.2 Å². The molecule has 0 amide bonds. The smallest absolute Gasteiger partial charge is 0.311 e. The van der Waals surface area contributed by atoms with Gasteiger partial charge in [-0.1, -0.05) is 67.5 Å². The zero-order valence-corrected chi connectivity index (χ0v) is 21.6. The zero-order valence-electron chi connectivity index (χ0n) is 21.6. The number of unbranched alkanes of at least 4 members (excludes halogenated alkanes) is 2. The number of Topliss-reactive ketones (excluding diaryl/α,β-unsaturated/α-hetero) is 1. The highest BCUT2D eigenvalue weighted by molar-refractivity contribution is 5.84. The third-order valence-electron chi connectivity index (χ3n) is 6.75. The number of aliphatic hydroxyl groups excluding tert-OH is 2. The first kappa shape index (κ1) is 28.4. The van der Waals surface area contributed by atoms with E-state index in [0.29, 0.717) is 44.3 Å². The van der Waals surface area contributed by atoms with Crippen LogP contribution in [0.5, 0.6) is 5.75 Å². The summed E-state index contributed by atoms with van der Waals surface area (Å²) in [5.41, 5.74) is 2.18. The summed E-state index contributed by atoms with van der Waals surface area (Å²) >= 11 is 0. The number of hydrogen-bond acceptors (Lipinski definition) is 5. The molecule has 0 radical (unpaired) electrons. The predicted molar refractivity (Wildman–Crippen MR) is 146 cm³/mol. The average molecular weight is 503 g/mol. The van der Waals surface area contributed by atoms with Crippen molar-refractivity contribution in [3.8, 4) is 28.7 Å². The second kappa shape index (κ2) is 15.1. The van der Waals surface area contributed by atoms with Crippen molar-refractivity contribution in [3.63, 3.8) is 0 Å². The van der Waals surface area contributed by atoms with Gasteiger partial charge in [0, 0.05) is 25.2 Å². The quantitative estimate of drug-likeness (QED) is 0.124. The van der Waals surface area contributed by atoms with Gasteiger partial charge in [-0.15, -0.1) is 5.92 Å². The van der Waals surface area contributed by atoms with Crippen molar-refractivity contribution in [2.75, 3.05) is 0 Å². The Bertz CT molecular complexity index is 1080. The number of aliphatic hydroxyl groups is 2. The molecule has 0 aromatic heterocycles. The molecule has 0 heterocycles. The van der Waals surface area contributed by atoms with Crippen molar-refractivity contribution in [1.29, 1.82) is 0 Å². The van der Waals surface area contributed by atoms with Gasteiger partial charge in [0.2, 0.25) is 0 Å². The molecule has 5 nitrogen and oxygen atoms in total. The minimum Gasteiger partial charge on any atom is -0.427 e. The van der Waals surface area contributed by atoms with E-state index in [0.717, 1.165) is 24.0 Å². The standard InChI is InChI=1S/C32H38O5/c1-2-3-7-14-26(33)19-22-29-28(30(34)23-31(29)35)15-10-4-5-11-16-32(36)37-27-20-17-25(18-21-27)24-12-8-6-9-13-24/h4,6,8-10,12-13,17-18,20-21,26,28-29,31,33,35H,2-3,5,11,15-16,19,22-23H2,1H3/t26?,28-,29-,31-/m1/s1. The number of allylic oxidation sites excluding steroid dienone is 2. The molecule has 0 aliphatic heterocycles. The molecule has 5 heteroatoms. The summed E-state index contributed by atoms with van der Waals surface area (Å²) in [5.74, 6) is 5.75. The van der Waals surface area contributed by atoms with Crippen LogP contribution >= 0.6 is 0 Å². The number of esters is 1. The van der Waals surface area contributed by atoms with Gasteiger partial charge >= 0.3 is 5.97 Å². The lowest BCUT2D eigenvalue weighted by molar-refractivity contribution is -0.134. The van der Waals surface area contributed by atoms with Gasteiger partial charge in [-0.2, -0.15) is 0 Å². The molecule has 0 bridgehead atoms. The second-order valence-corrected chi connectivity index (χ2v) is 9.64.